The van der Waals surface area contributed by atoms with E-state index in [1.165, 1.54) is 0 Å². The zero-order valence-corrected chi connectivity index (χ0v) is 30.3. The maximum atomic E-state index is 11.9. The van der Waals surface area contributed by atoms with Gasteiger partial charge in [-0.25, -0.2) is 10.1 Å². The fraction of sp³-hybridized carbons (Fsp3) is 0.0250. The van der Waals surface area contributed by atoms with Gasteiger partial charge < -0.3 is 10.1 Å². The molecule has 4 aromatic heterocycles. The van der Waals surface area contributed by atoms with Gasteiger partial charge in [-0.2, -0.15) is 5.10 Å². The molecule has 0 radical (unpaired) electrons. The molecule has 9 rings (SSSR count). The van der Waals surface area contributed by atoms with Crippen LogP contribution in [0, 0.1) is 12.3 Å². The molecule has 54 heavy (non-hydrogen) atoms. The van der Waals surface area contributed by atoms with E-state index in [0.29, 0.717) is 32.5 Å². The van der Waals surface area contributed by atoms with Crippen molar-refractivity contribution in [2.75, 3.05) is 11.9 Å². The Bertz CT molecular complexity index is 2820. The van der Waals surface area contributed by atoms with E-state index >= 15 is 0 Å². The normalized spacial score (nSPS) is 10.6. The van der Waals surface area contributed by atoms with Crippen LogP contribution in [0.2, 0.25) is 15.5 Å². The Morgan fingerprint density at radius 1 is 0.685 bits per heavy atom. The van der Waals surface area contributed by atoms with Gasteiger partial charge in [-0.05, 0) is 42.5 Å². The lowest BCUT2D eigenvalue weighted by atomic mass is 10.2. The molecule has 0 aliphatic heterocycles. The number of benzene rings is 5. The lowest BCUT2D eigenvalue weighted by molar-refractivity contribution is 0.356. The van der Waals surface area contributed by atoms with Gasteiger partial charge in [0, 0.05) is 38.3 Å². The summed E-state index contributed by atoms with van der Waals surface area (Å²) in [5, 5.41) is 30.8. The zero-order chi connectivity index (χ0) is 37.4. The van der Waals surface area contributed by atoms with E-state index in [0.717, 1.165) is 49.3 Å². The molecule has 9 aromatic rings. The van der Waals surface area contributed by atoms with E-state index in [9.17, 15) is 4.79 Å². The first-order chi connectivity index (χ1) is 26.4. The van der Waals surface area contributed by atoms with Gasteiger partial charge in [-0.3, -0.25) is 9.36 Å². The van der Waals surface area contributed by atoms with Crippen molar-refractivity contribution in [3.8, 4) is 23.9 Å². The van der Waals surface area contributed by atoms with Crippen LogP contribution in [0.3, 0.4) is 0 Å². The number of hydrogen-bond acceptors (Lipinski definition) is 9. The standard InChI is InChI=1S/C21H15N5O.C11H7ClN2O.C8H4Cl2N2/c27-21-17-9-5-4-8-16(17)20(24-25-21)23-14-10-11-19-18(12-14)22-13-26(19)15-6-2-1-3-7-15;1-2-7-15-11-9-6-4-3-5-8(9)10(12)13-14-11;9-7-5-3-1-2-4-6(5)8(10)12-11-7/h1-13H,(H,23,24)(H,25,27);1,3-6H,7H2;1-4H. The molecule has 0 unspecified atom stereocenters. The van der Waals surface area contributed by atoms with E-state index in [-0.39, 0.29) is 12.2 Å². The van der Waals surface area contributed by atoms with Crippen LogP contribution in [0.25, 0.3) is 49.0 Å². The second-order valence-electron chi connectivity index (χ2n) is 11.4. The number of halogens is 3. The van der Waals surface area contributed by atoms with Crippen LogP contribution >= 0.6 is 34.8 Å². The molecule has 14 heteroatoms. The molecule has 0 amide bonds. The molecule has 2 N–H and O–H groups in total. The molecule has 0 atom stereocenters. The van der Waals surface area contributed by atoms with Crippen LogP contribution in [0.4, 0.5) is 11.5 Å². The topological polar surface area (TPSA) is 136 Å². The van der Waals surface area contributed by atoms with Crippen molar-refractivity contribution >= 4 is 89.7 Å². The third kappa shape index (κ3) is 7.77. The quantitative estimate of drug-likeness (QED) is 0.164. The van der Waals surface area contributed by atoms with Crippen molar-refractivity contribution in [1.82, 2.24) is 40.1 Å². The third-order valence-electron chi connectivity index (χ3n) is 8.04. The van der Waals surface area contributed by atoms with Gasteiger partial charge in [-0.15, -0.1) is 26.8 Å². The Morgan fingerprint density at radius 3 is 1.89 bits per heavy atom. The highest BCUT2D eigenvalue weighted by molar-refractivity contribution is 6.38. The number of rotatable bonds is 5. The van der Waals surface area contributed by atoms with Crippen molar-refractivity contribution in [1.29, 1.82) is 0 Å². The fourth-order valence-corrected chi connectivity index (χ4v) is 6.14. The highest BCUT2D eigenvalue weighted by atomic mass is 35.5. The lowest BCUT2D eigenvalue weighted by Crippen LogP contribution is -2.10. The molecule has 11 nitrogen and oxygen atoms in total. The Kier molecular flexibility index (Phi) is 10.9. The Morgan fingerprint density at radius 2 is 1.24 bits per heavy atom. The van der Waals surface area contributed by atoms with Crippen molar-refractivity contribution in [3.63, 3.8) is 0 Å². The van der Waals surface area contributed by atoms with E-state index < -0.39 is 0 Å². The summed E-state index contributed by atoms with van der Waals surface area (Å²) in [7, 11) is 0. The van der Waals surface area contributed by atoms with Gasteiger partial charge >= 0.3 is 0 Å². The van der Waals surface area contributed by atoms with Crippen LogP contribution in [0.1, 0.15) is 0 Å². The molecule has 5 aromatic carbocycles. The molecular formula is C40H26Cl3N9O2. The predicted molar refractivity (Wildman–Crippen MR) is 215 cm³/mol. The fourth-order valence-electron chi connectivity index (χ4n) is 5.53. The first-order valence-corrected chi connectivity index (χ1v) is 17.3. The minimum Gasteiger partial charge on any atom is -0.463 e. The van der Waals surface area contributed by atoms with Crippen LogP contribution in [0.15, 0.2) is 132 Å². The summed E-state index contributed by atoms with van der Waals surface area (Å²) in [5.41, 5.74) is 3.61. The number of nitrogens with zero attached hydrogens (tertiary/aromatic N) is 7. The first-order valence-electron chi connectivity index (χ1n) is 16.2. The van der Waals surface area contributed by atoms with Crippen LogP contribution in [0.5, 0.6) is 5.88 Å². The second kappa shape index (κ2) is 16.4. The number of imidazole rings is 1. The lowest BCUT2D eigenvalue weighted by Gasteiger charge is -2.09. The van der Waals surface area contributed by atoms with E-state index in [2.05, 4.69) is 46.8 Å². The smallest absolute Gasteiger partial charge is 0.272 e. The number of aromatic nitrogens is 8. The average molecular weight is 771 g/mol. The number of terminal acetylenes is 1. The van der Waals surface area contributed by atoms with Crippen LogP contribution in [-0.4, -0.2) is 46.8 Å². The van der Waals surface area contributed by atoms with Crippen LogP contribution < -0.4 is 15.6 Å². The number of fused-ring (bicyclic) bond motifs is 4. The van der Waals surface area contributed by atoms with E-state index in [1.807, 2.05) is 126 Å². The number of hydrogen-bond donors (Lipinski definition) is 2. The van der Waals surface area contributed by atoms with Crippen LogP contribution in [-0.2, 0) is 0 Å². The largest absolute Gasteiger partial charge is 0.463 e. The van der Waals surface area contributed by atoms with Gasteiger partial charge in [0.1, 0.15) is 6.33 Å². The number of aromatic amines is 1. The zero-order valence-electron chi connectivity index (χ0n) is 28.0. The summed E-state index contributed by atoms with van der Waals surface area (Å²) in [6, 6.07) is 38.4. The molecule has 0 saturated carbocycles. The number of nitrogens with one attached hydrogen (secondary N) is 2. The number of ether oxygens (including phenoxy) is 1. The average Bonchev–Trinajstić information content (AvgIpc) is 3.65. The molecule has 0 saturated heterocycles. The highest BCUT2D eigenvalue weighted by Crippen LogP contribution is 2.28. The molecule has 0 aliphatic carbocycles. The van der Waals surface area contributed by atoms with Gasteiger partial charge in [-0.1, -0.05) is 120 Å². The maximum Gasteiger partial charge on any atom is 0.272 e. The van der Waals surface area contributed by atoms with Crippen molar-refractivity contribution in [2.45, 2.75) is 0 Å². The highest BCUT2D eigenvalue weighted by Gasteiger charge is 2.10. The first kappa shape index (κ1) is 35.8. The summed E-state index contributed by atoms with van der Waals surface area (Å²) < 4.78 is 7.30. The number of para-hydroxylation sites is 1. The third-order valence-corrected chi connectivity index (χ3v) is 8.88. The molecule has 264 valence electrons. The minimum absolute atomic E-state index is 0.167. The molecule has 0 spiro atoms. The summed E-state index contributed by atoms with van der Waals surface area (Å²) in [4.78, 5) is 16.5. The second-order valence-corrected chi connectivity index (χ2v) is 12.5. The summed E-state index contributed by atoms with van der Waals surface area (Å²) in [6.07, 6.45) is 6.92. The summed E-state index contributed by atoms with van der Waals surface area (Å²) >= 11 is 17.5. The number of anilines is 2. The van der Waals surface area contributed by atoms with Crippen molar-refractivity contribution < 1.29 is 4.74 Å². The summed E-state index contributed by atoms with van der Waals surface area (Å²) in [5.74, 6) is 3.39. The van der Waals surface area contributed by atoms with E-state index in [4.69, 9.17) is 46.0 Å². The Hall–Kier alpha value is -6.58. The van der Waals surface area contributed by atoms with Gasteiger partial charge in [0.25, 0.3) is 5.56 Å². The SMILES string of the molecule is C#CCOc1nnc(Cl)c2ccccc12.Clc1nnc(Cl)c2ccccc12.O=c1[nH]nc(Nc2ccc3c(c2)ncn3-c2ccccc2)c2ccccc12. The van der Waals surface area contributed by atoms with Crippen molar-refractivity contribution in [2.24, 2.45) is 0 Å². The Balaban J connectivity index is 0.000000140. The van der Waals surface area contributed by atoms with Gasteiger partial charge in [0.05, 0.1) is 16.4 Å². The molecule has 4 heterocycles. The molecule has 0 aliphatic rings. The maximum absolute atomic E-state index is 11.9. The number of H-pyrrole nitrogens is 1. The van der Waals surface area contributed by atoms with Gasteiger partial charge in [0.2, 0.25) is 5.88 Å². The van der Waals surface area contributed by atoms with Crippen molar-refractivity contribution in [3.05, 3.63) is 153 Å². The molecule has 0 bridgehead atoms. The summed E-state index contributed by atoms with van der Waals surface area (Å²) in [6.45, 7) is 0.167. The van der Waals surface area contributed by atoms with E-state index in [1.54, 1.807) is 6.07 Å². The monoisotopic (exact) mass is 769 g/mol. The minimum atomic E-state index is -0.201. The predicted octanol–water partition coefficient (Wildman–Crippen LogP) is 9.24. The van der Waals surface area contributed by atoms with Gasteiger partial charge in [0.15, 0.2) is 27.9 Å². The Labute approximate surface area is 322 Å². The molecule has 0 fully saturated rings. The molecular weight excluding hydrogens is 745 g/mol.